The fourth-order valence-corrected chi connectivity index (χ4v) is 2.67. The highest BCUT2D eigenvalue weighted by atomic mass is 79.9. The van der Waals surface area contributed by atoms with E-state index in [0.717, 1.165) is 21.3 Å². The first-order valence-corrected chi connectivity index (χ1v) is 7.68. The highest BCUT2D eigenvalue weighted by molar-refractivity contribution is 9.10. The summed E-state index contributed by atoms with van der Waals surface area (Å²) in [6.45, 7) is 2.29. The topological polar surface area (TPSA) is 44.5 Å². The Hall–Kier alpha value is -1.23. The SMILES string of the molecule is COc1ccc([C@H](C)N)c(OCc2ccc(Br)cc2Cl)c1. The van der Waals surface area contributed by atoms with Crippen molar-refractivity contribution in [3.8, 4) is 11.5 Å². The van der Waals surface area contributed by atoms with Gasteiger partial charge in [0, 0.05) is 32.7 Å². The van der Waals surface area contributed by atoms with Gasteiger partial charge >= 0.3 is 0 Å². The van der Waals surface area contributed by atoms with Crippen LogP contribution in [0.3, 0.4) is 0 Å². The molecule has 0 aromatic heterocycles. The summed E-state index contributed by atoms with van der Waals surface area (Å²) in [6, 6.07) is 11.2. The summed E-state index contributed by atoms with van der Waals surface area (Å²) >= 11 is 9.58. The summed E-state index contributed by atoms with van der Waals surface area (Å²) < 4.78 is 12.1. The normalized spacial score (nSPS) is 12.0. The molecule has 2 N–H and O–H groups in total. The van der Waals surface area contributed by atoms with Crippen molar-refractivity contribution in [3.05, 3.63) is 57.0 Å². The van der Waals surface area contributed by atoms with Gasteiger partial charge in [0.2, 0.25) is 0 Å². The van der Waals surface area contributed by atoms with Gasteiger partial charge < -0.3 is 15.2 Å². The van der Waals surface area contributed by atoms with Gasteiger partial charge in [-0.15, -0.1) is 0 Å². The molecule has 21 heavy (non-hydrogen) atoms. The van der Waals surface area contributed by atoms with Crippen LogP contribution in [-0.4, -0.2) is 7.11 Å². The van der Waals surface area contributed by atoms with Gasteiger partial charge in [-0.2, -0.15) is 0 Å². The first-order valence-electron chi connectivity index (χ1n) is 6.51. The lowest BCUT2D eigenvalue weighted by Gasteiger charge is -2.16. The lowest BCUT2D eigenvalue weighted by molar-refractivity contribution is 0.299. The van der Waals surface area contributed by atoms with E-state index in [9.17, 15) is 0 Å². The number of halogens is 2. The second-order valence-electron chi connectivity index (χ2n) is 4.72. The zero-order valence-corrected chi connectivity index (χ0v) is 14.2. The smallest absolute Gasteiger partial charge is 0.128 e. The van der Waals surface area contributed by atoms with Gasteiger partial charge in [-0.1, -0.05) is 39.7 Å². The summed E-state index contributed by atoms with van der Waals surface area (Å²) in [5.74, 6) is 1.44. The van der Waals surface area contributed by atoms with Crippen LogP contribution in [0.4, 0.5) is 0 Å². The average molecular weight is 371 g/mol. The fraction of sp³-hybridized carbons (Fsp3) is 0.250. The minimum atomic E-state index is -0.119. The highest BCUT2D eigenvalue weighted by Crippen LogP contribution is 2.30. The standard InChI is InChI=1S/C16H17BrClNO2/c1-10(19)14-6-5-13(20-2)8-16(14)21-9-11-3-4-12(17)7-15(11)18/h3-8,10H,9,19H2,1-2H3/t10-/m0/s1. The zero-order valence-electron chi connectivity index (χ0n) is 11.9. The molecule has 0 saturated heterocycles. The number of benzene rings is 2. The van der Waals surface area contributed by atoms with Crippen LogP contribution in [0, 0.1) is 0 Å². The van der Waals surface area contributed by atoms with Gasteiger partial charge in [-0.05, 0) is 25.1 Å². The fourth-order valence-electron chi connectivity index (χ4n) is 1.94. The molecule has 2 aromatic rings. The molecule has 0 unspecified atom stereocenters. The Morgan fingerprint density at radius 1 is 1.24 bits per heavy atom. The van der Waals surface area contributed by atoms with Crippen molar-refractivity contribution in [3.63, 3.8) is 0 Å². The van der Waals surface area contributed by atoms with Crippen LogP contribution in [0.2, 0.25) is 5.02 Å². The quantitative estimate of drug-likeness (QED) is 0.829. The Morgan fingerprint density at radius 2 is 2.00 bits per heavy atom. The monoisotopic (exact) mass is 369 g/mol. The average Bonchev–Trinajstić information content (AvgIpc) is 2.45. The van der Waals surface area contributed by atoms with Crippen LogP contribution in [0.5, 0.6) is 11.5 Å². The minimum Gasteiger partial charge on any atom is -0.497 e. The molecule has 0 aliphatic heterocycles. The van der Waals surface area contributed by atoms with Gasteiger partial charge in [0.1, 0.15) is 18.1 Å². The molecule has 0 heterocycles. The minimum absolute atomic E-state index is 0.119. The summed E-state index contributed by atoms with van der Waals surface area (Å²) in [6.07, 6.45) is 0. The molecule has 5 heteroatoms. The second-order valence-corrected chi connectivity index (χ2v) is 6.04. The summed E-state index contributed by atoms with van der Waals surface area (Å²) in [5.41, 5.74) is 7.82. The van der Waals surface area contributed by atoms with E-state index in [4.69, 9.17) is 26.8 Å². The largest absolute Gasteiger partial charge is 0.497 e. The van der Waals surface area contributed by atoms with E-state index in [1.807, 2.05) is 43.3 Å². The van der Waals surface area contributed by atoms with Gasteiger partial charge in [0.15, 0.2) is 0 Å². The maximum Gasteiger partial charge on any atom is 0.128 e. The van der Waals surface area contributed by atoms with Crippen LogP contribution < -0.4 is 15.2 Å². The van der Waals surface area contributed by atoms with E-state index in [1.165, 1.54) is 0 Å². The molecule has 0 aliphatic rings. The molecular weight excluding hydrogens is 354 g/mol. The van der Waals surface area contributed by atoms with Crippen molar-refractivity contribution < 1.29 is 9.47 Å². The Labute approximate surface area is 138 Å². The molecule has 112 valence electrons. The van der Waals surface area contributed by atoms with Crippen LogP contribution in [-0.2, 0) is 6.61 Å². The van der Waals surface area contributed by atoms with Crippen molar-refractivity contribution in [1.29, 1.82) is 0 Å². The van der Waals surface area contributed by atoms with Crippen molar-refractivity contribution >= 4 is 27.5 Å². The van der Waals surface area contributed by atoms with E-state index < -0.39 is 0 Å². The maximum absolute atomic E-state index is 6.20. The molecule has 2 aromatic carbocycles. The molecule has 0 fully saturated rings. The third kappa shape index (κ3) is 4.13. The van der Waals surface area contributed by atoms with Crippen molar-refractivity contribution in [2.24, 2.45) is 5.73 Å². The van der Waals surface area contributed by atoms with E-state index >= 15 is 0 Å². The molecule has 2 rings (SSSR count). The summed E-state index contributed by atoms with van der Waals surface area (Å²) in [4.78, 5) is 0. The third-order valence-corrected chi connectivity index (χ3v) is 3.95. The number of nitrogens with two attached hydrogens (primary N) is 1. The lowest BCUT2D eigenvalue weighted by atomic mass is 10.1. The molecule has 1 atom stereocenters. The maximum atomic E-state index is 6.20. The molecule has 3 nitrogen and oxygen atoms in total. The van der Waals surface area contributed by atoms with Gasteiger partial charge in [-0.3, -0.25) is 0 Å². The number of methoxy groups -OCH3 is 1. The van der Waals surface area contributed by atoms with Gasteiger partial charge in [0.25, 0.3) is 0 Å². The molecular formula is C16H17BrClNO2. The van der Waals surface area contributed by atoms with Gasteiger partial charge in [0.05, 0.1) is 7.11 Å². The Balaban J connectivity index is 2.22. The third-order valence-electron chi connectivity index (χ3n) is 3.11. The molecule has 0 bridgehead atoms. The first-order chi connectivity index (χ1) is 10.0. The van der Waals surface area contributed by atoms with Crippen molar-refractivity contribution in [2.45, 2.75) is 19.6 Å². The number of hydrogen-bond acceptors (Lipinski definition) is 3. The number of rotatable bonds is 5. The second kappa shape index (κ2) is 7.16. The summed E-state index contributed by atoms with van der Waals surface area (Å²) in [5, 5.41) is 0.662. The summed E-state index contributed by atoms with van der Waals surface area (Å²) in [7, 11) is 1.62. The van der Waals surface area contributed by atoms with E-state index in [2.05, 4.69) is 15.9 Å². The van der Waals surface area contributed by atoms with Crippen molar-refractivity contribution in [1.82, 2.24) is 0 Å². The molecule has 0 saturated carbocycles. The first kappa shape index (κ1) is 16.1. The predicted molar refractivity (Wildman–Crippen MR) is 89.1 cm³/mol. The van der Waals surface area contributed by atoms with Crippen molar-refractivity contribution in [2.75, 3.05) is 7.11 Å². The lowest BCUT2D eigenvalue weighted by Crippen LogP contribution is -2.08. The Bertz CT molecular complexity index is 632. The number of ether oxygens (including phenoxy) is 2. The van der Waals surface area contributed by atoms with Crippen LogP contribution >= 0.6 is 27.5 Å². The number of hydrogen-bond donors (Lipinski definition) is 1. The zero-order chi connectivity index (χ0) is 15.4. The van der Waals surface area contributed by atoms with E-state index in [-0.39, 0.29) is 6.04 Å². The molecule has 0 radical (unpaired) electrons. The Kier molecular flexibility index (Phi) is 5.51. The molecule has 0 amide bonds. The predicted octanol–water partition coefficient (Wildman–Crippen LogP) is 4.71. The Morgan fingerprint density at radius 3 is 2.62 bits per heavy atom. The van der Waals surface area contributed by atoms with E-state index in [1.54, 1.807) is 7.11 Å². The van der Waals surface area contributed by atoms with E-state index in [0.29, 0.717) is 17.4 Å². The van der Waals surface area contributed by atoms with Crippen LogP contribution in [0.25, 0.3) is 0 Å². The van der Waals surface area contributed by atoms with Crippen LogP contribution in [0.15, 0.2) is 40.9 Å². The van der Waals surface area contributed by atoms with Gasteiger partial charge in [-0.25, -0.2) is 0 Å². The molecule has 0 spiro atoms. The highest BCUT2D eigenvalue weighted by Gasteiger charge is 2.11. The molecule has 0 aliphatic carbocycles. The van der Waals surface area contributed by atoms with Crippen LogP contribution in [0.1, 0.15) is 24.1 Å².